The van der Waals surface area contributed by atoms with E-state index in [4.69, 9.17) is 0 Å². The van der Waals surface area contributed by atoms with Crippen LogP contribution < -0.4 is 0 Å². The Morgan fingerprint density at radius 1 is 1.26 bits per heavy atom. The lowest BCUT2D eigenvalue weighted by Gasteiger charge is -2.28. The largest absolute Gasteiger partial charge is 0.335 e. The summed E-state index contributed by atoms with van der Waals surface area (Å²) in [5.74, 6) is 0.155. The van der Waals surface area contributed by atoms with Gasteiger partial charge in [-0.3, -0.25) is 4.79 Å². The number of carbonyl (C=O) groups is 1. The predicted molar refractivity (Wildman–Crippen MR) is 106 cm³/mol. The number of carbonyl (C=O) groups excluding carboxylic acids is 1. The van der Waals surface area contributed by atoms with Crippen LogP contribution in [-0.2, 0) is 9.84 Å². The molecule has 1 amide bonds. The number of hydrogen-bond acceptors (Lipinski definition) is 4. The number of sulfone groups is 1. The molecule has 0 unspecified atom stereocenters. The summed E-state index contributed by atoms with van der Waals surface area (Å²) in [6, 6.07) is 9.16. The molecule has 0 bridgehead atoms. The van der Waals surface area contributed by atoms with Gasteiger partial charge in [-0.2, -0.15) is 5.10 Å². The van der Waals surface area contributed by atoms with Crippen molar-refractivity contribution in [3.05, 3.63) is 47.3 Å². The minimum atomic E-state index is -3.03. The Morgan fingerprint density at radius 3 is 2.48 bits per heavy atom. The van der Waals surface area contributed by atoms with Gasteiger partial charge in [0.05, 0.1) is 22.9 Å². The highest BCUT2D eigenvalue weighted by Crippen LogP contribution is 2.21. The summed E-state index contributed by atoms with van der Waals surface area (Å²) in [6.07, 6.45) is 2.36. The van der Waals surface area contributed by atoms with Crippen molar-refractivity contribution in [3.63, 3.8) is 0 Å². The van der Waals surface area contributed by atoms with Gasteiger partial charge in [-0.15, -0.1) is 0 Å². The molecular weight excluding hydrogens is 362 g/mol. The zero-order chi connectivity index (χ0) is 19.6. The molecule has 7 heteroatoms. The number of aryl methyl sites for hydroxylation is 2. The highest BCUT2D eigenvalue weighted by molar-refractivity contribution is 7.91. The Morgan fingerprint density at radius 2 is 1.96 bits per heavy atom. The summed E-state index contributed by atoms with van der Waals surface area (Å²) in [5, 5.41) is 4.46. The minimum absolute atomic E-state index is 0.0757. The van der Waals surface area contributed by atoms with Crippen molar-refractivity contribution < 1.29 is 13.2 Å². The van der Waals surface area contributed by atoms with E-state index in [0.29, 0.717) is 18.5 Å². The SMILES string of the molecule is CCCCN(C(=O)c1ccc(-n2nc(C)cc2C)cc1)[C@H]1CCS(=O)(=O)C1. The molecule has 1 saturated heterocycles. The zero-order valence-electron chi connectivity index (χ0n) is 16.2. The van der Waals surface area contributed by atoms with Crippen LogP contribution in [0.2, 0.25) is 0 Å². The number of nitrogens with zero attached hydrogens (tertiary/aromatic N) is 3. The fraction of sp³-hybridized carbons (Fsp3) is 0.500. The smallest absolute Gasteiger partial charge is 0.254 e. The third-order valence-corrected chi connectivity index (χ3v) is 6.78. The van der Waals surface area contributed by atoms with Crippen LogP contribution >= 0.6 is 0 Å². The molecule has 6 nitrogen and oxygen atoms in total. The molecule has 0 N–H and O–H groups in total. The van der Waals surface area contributed by atoms with Crippen molar-refractivity contribution in [1.82, 2.24) is 14.7 Å². The Labute approximate surface area is 161 Å². The third-order valence-electron chi connectivity index (χ3n) is 5.03. The van der Waals surface area contributed by atoms with Gasteiger partial charge in [0, 0.05) is 23.8 Å². The van der Waals surface area contributed by atoms with Crippen LogP contribution in [0, 0.1) is 13.8 Å². The molecule has 1 aromatic heterocycles. The number of unbranched alkanes of at least 4 members (excludes halogenated alkanes) is 1. The van der Waals surface area contributed by atoms with E-state index < -0.39 is 9.84 Å². The lowest BCUT2D eigenvalue weighted by atomic mass is 10.1. The zero-order valence-corrected chi connectivity index (χ0v) is 17.0. The van der Waals surface area contributed by atoms with E-state index in [-0.39, 0.29) is 23.5 Å². The molecule has 2 heterocycles. The van der Waals surface area contributed by atoms with Gasteiger partial charge < -0.3 is 4.90 Å². The quantitative estimate of drug-likeness (QED) is 0.761. The van der Waals surface area contributed by atoms with E-state index in [9.17, 15) is 13.2 Å². The van der Waals surface area contributed by atoms with E-state index in [1.165, 1.54) is 0 Å². The normalized spacial score (nSPS) is 18.6. The van der Waals surface area contributed by atoms with Crippen molar-refractivity contribution in [2.45, 2.75) is 46.1 Å². The second-order valence-electron chi connectivity index (χ2n) is 7.29. The summed E-state index contributed by atoms with van der Waals surface area (Å²) in [6.45, 7) is 6.60. The van der Waals surface area contributed by atoms with Gasteiger partial charge in [0.15, 0.2) is 9.84 Å². The Hall–Kier alpha value is -2.15. The van der Waals surface area contributed by atoms with Gasteiger partial charge >= 0.3 is 0 Å². The van der Waals surface area contributed by atoms with Crippen molar-refractivity contribution >= 4 is 15.7 Å². The van der Waals surface area contributed by atoms with Crippen molar-refractivity contribution in [2.24, 2.45) is 0 Å². The van der Waals surface area contributed by atoms with E-state index in [2.05, 4.69) is 12.0 Å². The first-order chi connectivity index (χ1) is 12.8. The molecular formula is C20H27N3O3S. The van der Waals surface area contributed by atoms with Crippen LogP contribution in [0.25, 0.3) is 5.69 Å². The van der Waals surface area contributed by atoms with Gasteiger partial charge in [0.2, 0.25) is 0 Å². The van der Waals surface area contributed by atoms with Crippen LogP contribution in [0.5, 0.6) is 0 Å². The first kappa shape index (κ1) is 19.6. The van der Waals surface area contributed by atoms with Crippen molar-refractivity contribution in [3.8, 4) is 5.69 Å². The van der Waals surface area contributed by atoms with E-state index in [0.717, 1.165) is 29.9 Å². The maximum absolute atomic E-state index is 13.1. The molecule has 1 aliphatic rings. The number of rotatable bonds is 6. The Kier molecular flexibility index (Phi) is 5.69. The summed E-state index contributed by atoms with van der Waals surface area (Å²) < 4.78 is 25.6. The monoisotopic (exact) mass is 389 g/mol. The first-order valence-electron chi connectivity index (χ1n) is 9.46. The van der Waals surface area contributed by atoms with Crippen LogP contribution in [0.1, 0.15) is 47.9 Å². The number of benzene rings is 1. The number of aromatic nitrogens is 2. The van der Waals surface area contributed by atoms with Gasteiger partial charge in [0.1, 0.15) is 0 Å². The Balaban J connectivity index is 1.82. The second-order valence-corrected chi connectivity index (χ2v) is 9.52. The highest BCUT2D eigenvalue weighted by Gasteiger charge is 2.34. The first-order valence-corrected chi connectivity index (χ1v) is 11.3. The van der Waals surface area contributed by atoms with E-state index in [1.54, 1.807) is 17.0 Å². The van der Waals surface area contributed by atoms with Crippen LogP contribution in [0.4, 0.5) is 0 Å². The summed E-state index contributed by atoms with van der Waals surface area (Å²) in [4.78, 5) is 14.8. The summed E-state index contributed by atoms with van der Waals surface area (Å²) >= 11 is 0. The molecule has 27 heavy (non-hydrogen) atoms. The second kappa shape index (κ2) is 7.84. The maximum atomic E-state index is 13.1. The lowest BCUT2D eigenvalue weighted by Crippen LogP contribution is -2.41. The summed E-state index contributed by atoms with van der Waals surface area (Å²) in [5.41, 5.74) is 3.47. The van der Waals surface area contributed by atoms with Crippen LogP contribution in [0.15, 0.2) is 30.3 Å². The van der Waals surface area contributed by atoms with Gasteiger partial charge in [-0.1, -0.05) is 13.3 Å². The van der Waals surface area contributed by atoms with Gasteiger partial charge in [0.25, 0.3) is 5.91 Å². The molecule has 146 valence electrons. The van der Waals surface area contributed by atoms with Gasteiger partial charge in [-0.05, 0) is 57.0 Å². The van der Waals surface area contributed by atoms with Crippen molar-refractivity contribution in [2.75, 3.05) is 18.1 Å². The molecule has 0 spiro atoms. The molecule has 0 aliphatic carbocycles. The predicted octanol–water partition coefficient (Wildman–Crippen LogP) is 2.92. The topological polar surface area (TPSA) is 72.3 Å². The molecule has 0 saturated carbocycles. The van der Waals surface area contributed by atoms with Crippen LogP contribution in [0.3, 0.4) is 0 Å². The third kappa shape index (κ3) is 4.40. The average Bonchev–Trinajstić information content (AvgIpc) is 3.16. The molecule has 1 fully saturated rings. The highest BCUT2D eigenvalue weighted by atomic mass is 32.2. The molecule has 1 aromatic carbocycles. The Bertz CT molecular complexity index is 916. The average molecular weight is 390 g/mol. The van der Waals surface area contributed by atoms with Crippen molar-refractivity contribution in [1.29, 1.82) is 0 Å². The van der Waals surface area contributed by atoms with Gasteiger partial charge in [-0.25, -0.2) is 13.1 Å². The van der Waals surface area contributed by atoms with E-state index >= 15 is 0 Å². The van der Waals surface area contributed by atoms with E-state index in [1.807, 2.05) is 36.7 Å². The number of hydrogen-bond donors (Lipinski definition) is 0. The number of amides is 1. The molecule has 0 radical (unpaired) electrons. The molecule has 1 atom stereocenters. The minimum Gasteiger partial charge on any atom is -0.335 e. The molecule has 3 rings (SSSR count). The molecule has 2 aromatic rings. The lowest BCUT2D eigenvalue weighted by molar-refractivity contribution is 0.0694. The molecule has 1 aliphatic heterocycles. The fourth-order valence-corrected chi connectivity index (χ4v) is 5.33. The van der Waals surface area contributed by atoms with Crippen LogP contribution in [-0.4, -0.2) is 53.1 Å². The fourth-order valence-electron chi connectivity index (χ4n) is 3.60. The maximum Gasteiger partial charge on any atom is 0.254 e. The summed E-state index contributed by atoms with van der Waals surface area (Å²) in [7, 11) is -3.03. The standard InChI is InChI=1S/C20H27N3O3S/c1-4-5-11-22(19-10-12-27(25,26)14-19)20(24)17-6-8-18(9-7-17)23-16(3)13-15(2)21-23/h6-9,13,19H,4-5,10-12,14H2,1-3H3/t19-/m0/s1.